The van der Waals surface area contributed by atoms with Gasteiger partial charge in [0.15, 0.2) is 6.61 Å². The van der Waals surface area contributed by atoms with Gasteiger partial charge < -0.3 is 15.8 Å². The van der Waals surface area contributed by atoms with E-state index in [1.807, 2.05) is 6.07 Å². The lowest BCUT2D eigenvalue weighted by molar-refractivity contribution is -0.118. The fourth-order valence-electron chi connectivity index (χ4n) is 1.55. The zero-order chi connectivity index (χ0) is 15.4. The van der Waals surface area contributed by atoms with Crippen LogP contribution in [0, 0.1) is 5.82 Å². The first-order chi connectivity index (χ1) is 9.95. The largest absolute Gasteiger partial charge is 0.483 e. The second kappa shape index (κ2) is 6.91. The molecule has 0 saturated heterocycles. The third-order valence-corrected chi connectivity index (χ3v) is 3.65. The Bertz CT molecular complexity index is 680. The number of hydrogen-bond donors (Lipinski definition) is 2. The average Bonchev–Trinajstić information content (AvgIpc) is 2.42. The summed E-state index contributed by atoms with van der Waals surface area (Å²) < 4.78 is 20.0. The summed E-state index contributed by atoms with van der Waals surface area (Å²) in [7, 11) is 0. The number of nitrogens with two attached hydrogens (primary N) is 1. The van der Waals surface area contributed by atoms with Crippen LogP contribution >= 0.6 is 31.9 Å². The standard InChI is InChI=1S/C14H11Br2FN2O2/c15-8-1-4-13(10(16)5-8)21-7-14(20)19-9-2-3-11(17)12(18)6-9/h1-6H,7,18H2,(H,19,20). The molecule has 0 aliphatic heterocycles. The van der Waals surface area contributed by atoms with E-state index in [2.05, 4.69) is 37.2 Å². The van der Waals surface area contributed by atoms with E-state index in [0.29, 0.717) is 11.4 Å². The highest BCUT2D eigenvalue weighted by atomic mass is 79.9. The van der Waals surface area contributed by atoms with Crippen molar-refractivity contribution in [2.75, 3.05) is 17.7 Å². The van der Waals surface area contributed by atoms with Crippen LogP contribution in [-0.4, -0.2) is 12.5 Å². The van der Waals surface area contributed by atoms with Crippen molar-refractivity contribution < 1.29 is 13.9 Å². The maximum absolute atomic E-state index is 13.0. The number of amides is 1. The molecular weight excluding hydrogens is 407 g/mol. The Morgan fingerprint density at radius 3 is 2.67 bits per heavy atom. The van der Waals surface area contributed by atoms with Crippen molar-refractivity contribution in [3.05, 3.63) is 51.2 Å². The predicted molar refractivity (Wildman–Crippen MR) is 86.8 cm³/mol. The lowest BCUT2D eigenvalue weighted by Crippen LogP contribution is -2.20. The van der Waals surface area contributed by atoms with Gasteiger partial charge in [-0.3, -0.25) is 4.79 Å². The molecule has 0 bridgehead atoms. The minimum absolute atomic E-state index is 0.0237. The molecule has 0 fully saturated rings. The summed E-state index contributed by atoms with van der Waals surface area (Å²) in [4.78, 5) is 11.8. The first-order valence-corrected chi connectivity index (χ1v) is 7.47. The van der Waals surface area contributed by atoms with E-state index >= 15 is 0 Å². The van der Waals surface area contributed by atoms with Crippen LogP contribution in [0.3, 0.4) is 0 Å². The molecule has 1 amide bonds. The van der Waals surface area contributed by atoms with Gasteiger partial charge in [0.25, 0.3) is 5.91 Å². The maximum Gasteiger partial charge on any atom is 0.262 e. The number of carbonyl (C=O) groups excluding carboxylic acids is 1. The van der Waals surface area contributed by atoms with Gasteiger partial charge in [0, 0.05) is 10.2 Å². The highest BCUT2D eigenvalue weighted by molar-refractivity contribution is 9.11. The molecule has 21 heavy (non-hydrogen) atoms. The number of ether oxygens (including phenoxy) is 1. The molecule has 0 spiro atoms. The SMILES string of the molecule is Nc1cc(NC(=O)COc2ccc(Br)cc2Br)ccc1F. The highest BCUT2D eigenvalue weighted by Gasteiger charge is 2.08. The second-order valence-corrected chi connectivity index (χ2v) is 5.92. The van der Waals surface area contributed by atoms with E-state index in [-0.39, 0.29) is 18.2 Å². The van der Waals surface area contributed by atoms with Crippen molar-refractivity contribution >= 4 is 49.1 Å². The van der Waals surface area contributed by atoms with E-state index < -0.39 is 5.82 Å². The van der Waals surface area contributed by atoms with Crippen molar-refractivity contribution in [2.45, 2.75) is 0 Å². The van der Waals surface area contributed by atoms with Gasteiger partial charge in [0.05, 0.1) is 10.2 Å². The van der Waals surface area contributed by atoms with Crippen LogP contribution in [0.1, 0.15) is 0 Å². The summed E-state index contributed by atoms with van der Waals surface area (Å²) in [5.41, 5.74) is 5.82. The number of benzene rings is 2. The van der Waals surface area contributed by atoms with E-state index in [4.69, 9.17) is 10.5 Å². The zero-order valence-corrected chi connectivity index (χ0v) is 13.9. The Morgan fingerprint density at radius 1 is 1.24 bits per heavy atom. The number of anilines is 2. The molecule has 2 aromatic carbocycles. The van der Waals surface area contributed by atoms with Gasteiger partial charge in [0.2, 0.25) is 0 Å². The predicted octanol–water partition coefficient (Wildman–Crippen LogP) is 3.95. The average molecular weight is 418 g/mol. The van der Waals surface area contributed by atoms with Crippen LogP contribution in [0.15, 0.2) is 45.3 Å². The molecule has 0 heterocycles. The van der Waals surface area contributed by atoms with Crippen LogP contribution in [0.2, 0.25) is 0 Å². The molecular formula is C14H11Br2FN2O2. The molecule has 0 atom stereocenters. The Hall–Kier alpha value is -1.60. The minimum atomic E-state index is -0.525. The van der Waals surface area contributed by atoms with Crippen LogP contribution < -0.4 is 15.8 Å². The normalized spacial score (nSPS) is 10.2. The number of nitrogens with one attached hydrogen (secondary N) is 1. The number of nitrogen functional groups attached to an aromatic ring is 1. The monoisotopic (exact) mass is 416 g/mol. The van der Waals surface area contributed by atoms with Crippen LogP contribution in [0.4, 0.5) is 15.8 Å². The molecule has 0 saturated carbocycles. The van der Waals surface area contributed by atoms with Gasteiger partial charge in [-0.25, -0.2) is 4.39 Å². The lowest BCUT2D eigenvalue weighted by Gasteiger charge is -2.09. The topological polar surface area (TPSA) is 64.3 Å². The molecule has 4 nitrogen and oxygen atoms in total. The van der Waals surface area contributed by atoms with Gasteiger partial charge >= 0.3 is 0 Å². The Kier molecular flexibility index (Phi) is 5.19. The lowest BCUT2D eigenvalue weighted by atomic mass is 10.2. The Balaban J connectivity index is 1.94. The summed E-state index contributed by atoms with van der Waals surface area (Å²) in [6.45, 7) is -0.169. The van der Waals surface area contributed by atoms with Crippen LogP contribution in [0.5, 0.6) is 5.75 Å². The summed E-state index contributed by atoms with van der Waals surface area (Å²) in [6, 6.07) is 9.32. The maximum atomic E-state index is 13.0. The van der Waals surface area contributed by atoms with E-state index in [1.165, 1.54) is 18.2 Å². The molecule has 110 valence electrons. The van der Waals surface area contributed by atoms with E-state index in [0.717, 1.165) is 8.95 Å². The molecule has 3 N–H and O–H groups in total. The van der Waals surface area contributed by atoms with Crippen LogP contribution in [0.25, 0.3) is 0 Å². The molecule has 2 rings (SSSR count). The zero-order valence-electron chi connectivity index (χ0n) is 10.7. The number of hydrogen-bond acceptors (Lipinski definition) is 3. The molecule has 0 aliphatic rings. The first-order valence-electron chi connectivity index (χ1n) is 5.88. The summed E-state index contributed by atoms with van der Waals surface area (Å²) in [5, 5.41) is 2.58. The van der Waals surface area contributed by atoms with Gasteiger partial charge in [0.1, 0.15) is 11.6 Å². The van der Waals surface area contributed by atoms with Gasteiger partial charge in [-0.05, 0) is 52.3 Å². The summed E-state index contributed by atoms with van der Waals surface area (Å²) >= 11 is 6.66. The Morgan fingerprint density at radius 2 is 2.00 bits per heavy atom. The fraction of sp³-hybridized carbons (Fsp3) is 0.0714. The third-order valence-electron chi connectivity index (χ3n) is 2.53. The highest BCUT2D eigenvalue weighted by Crippen LogP contribution is 2.28. The van der Waals surface area contributed by atoms with Crippen molar-refractivity contribution in [1.29, 1.82) is 0 Å². The molecule has 2 aromatic rings. The quantitative estimate of drug-likeness (QED) is 0.740. The number of carbonyl (C=O) groups is 1. The Labute approximate surface area is 137 Å². The molecule has 0 aliphatic carbocycles. The molecule has 0 unspecified atom stereocenters. The van der Waals surface area contributed by atoms with Gasteiger partial charge in [-0.15, -0.1) is 0 Å². The van der Waals surface area contributed by atoms with Crippen LogP contribution in [-0.2, 0) is 4.79 Å². The second-order valence-electron chi connectivity index (χ2n) is 4.15. The smallest absolute Gasteiger partial charge is 0.262 e. The van der Waals surface area contributed by atoms with Gasteiger partial charge in [-0.2, -0.15) is 0 Å². The molecule has 0 radical (unpaired) electrons. The number of rotatable bonds is 4. The van der Waals surface area contributed by atoms with E-state index in [1.54, 1.807) is 12.1 Å². The van der Waals surface area contributed by atoms with Crippen molar-refractivity contribution in [3.63, 3.8) is 0 Å². The molecule has 0 aromatic heterocycles. The van der Waals surface area contributed by atoms with Gasteiger partial charge in [-0.1, -0.05) is 15.9 Å². The van der Waals surface area contributed by atoms with Crippen molar-refractivity contribution in [3.8, 4) is 5.75 Å². The van der Waals surface area contributed by atoms with E-state index in [9.17, 15) is 9.18 Å². The summed E-state index contributed by atoms with van der Waals surface area (Å²) in [5.74, 6) is -0.342. The minimum Gasteiger partial charge on any atom is -0.483 e. The fourth-order valence-corrected chi connectivity index (χ4v) is 2.72. The summed E-state index contributed by atoms with van der Waals surface area (Å²) in [6.07, 6.45) is 0. The third kappa shape index (κ3) is 4.44. The number of halogens is 3. The van der Waals surface area contributed by atoms with Crippen molar-refractivity contribution in [2.24, 2.45) is 0 Å². The van der Waals surface area contributed by atoms with Crippen molar-refractivity contribution in [1.82, 2.24) is 0 Å². The first kappa shape index (κ1) is 15.8. The molecule has 7 heteroatoms.